The molecule has 2 aromatic rings. The van der Waals surface area contributed by atoms with Crippen LogP contribution in [0, 0.1) is 6.92 Å². The fraction of sp³-hybridized carbons (Fsp3) is 0.286. The first kappa shape index (κ1) is 13.1. The normalized spacial score (nSPS) is 10.2. The number of hydrogen-bond acceptors (Lipinski definition) is 4. The average Bonchev–Trinajstić information content (AvgIpc) is 2.73. The summed E-state index contributed by atoms with van der Waals surface area (Å²) >= 11 is 0. The van der Waals surface area contributed by atoms with Crippen LogP contribution in [0.15, 0.2) is 34.9 Å². The number of nitrogens with zero attached hydrogens (tertiary/aromatic N) is 1. The van der Waals surface area contributed by atoms with Crippen LogP contribution in [0.4, 0.5) is 10.7 Å². The first-order chi connectivity index (χ1) is 9.20. The molecule has 100 valence electrons. The highest BCUT2D eigenvalue weighted by molar-refractivity contribution is 5.85. The molecule has 0 bridgehead atoms. The number of hydrogen-bond donors (Lipinski definition) is 1. The van der Waals surface area contributed by atoms with Crippen molar-refractivity contribution >= 4 is 12.0 Å². The number of rotatable bonds is 4. The van der Waals surface area contributed by atoms with E-state index in [1.807, 2.05) is 13.0 Å². The average molecular weight is 260 g/mol. The number of aryl methyl sites for hydroxylation is 1. The third kappa shape index (κ3) is 3.34. The quantitative estimate of drug-likeness (QED) is 0.913. The number of amides is 1. The summed E-state index contributed by atoms with van der Waals surface area (Å²) in [6, 6.07) is 8.84. The summed E-state index contributed by atoms with van der Waals surface area (Å²) in [5.41, 5.74) is 1.70. The zero-order chi connectivity index (χ0) is 13.7. The molecule has 0 aliphatic rings. The molecule has 1 aromatic carbocycles. The molecule has 1 heterocycles. The van der Waals surface area contributed by atoms with Crippen LogP contribution < -0.4 is 10.1 Å². The topological polar surface area (TPSA) is 64.4 Å². The molecule has 5 heteroatoms. The number of anilines is 1. The molecule has 5 nitrogen and oxygen atoms in total. The Kier molecular flexibility index (Phi) is 4.18. The van der Waals surface area contributed by atoms with Crippen LogP contribution in [-0.2, 0) is 6.42 Å². The third-order valence-corrected chi connectivity index (χ3v) is 2.68. The molecule has 0 saturated carbocycles. The summed E-state index contributed by atoms with van der Waals surface area (Å²) < 4.78 is 10.2. The van der Waals surface area contributed by atoms with Gasteiger partial charge in [-0.1, -0.05) is 36.7 Å². The maximum absolute atomic E-state index is 11.7. The van der Waals surface area contributed by atoms with Gasteiger partial charge in [-0.25, -0.2) is 4.79 Å². The Bertz CT molecular complexity index is 549. The molecule has 0 saturated heterocycles. The first-order valence-corrected chi connectivity index (χ1v) is 6.19. The Hall–Kier alpha value is -2.30. The van der Waals surface area contributed by atoms with Gasteiger partial charge in [0.2, 0.25) is 5.88 Å². The monoisotopic (exact) mass is 260 g/mol. The minimum Gasteiger partial charge on any atom is -0.410 e. The van der Waals surface area contributed by atoms with Gasteiger partial charge in [0.15, 0.2) is 0 Å². The van der Waals surface area contributed by atoms with Gasteiger partial charge in [0, 0.05) is 5.56 Å². The zero-order valence-electron chi connectivity index (χ0n) is 11.0. The maximum Gasteiger partial charge on any atom is 0.419 e. The predicted octanol–water partition coefficient (Wildman–Crippen LogP) is 3.55. The van der Waals surface area contributed by atoms with E-state index in [1.54, 1.807) is 24.3 Å². The number of carbonyl (C=O) groups excluding carboxylic acids is 1. The summed E-state index contributed by atoms with van der Waals surface area (Å²) in [7, 11) is 0. The Labute approximate surface area is 111 Å². The lowest BCUT2D eigenvalue weighted by molar-refractivity contribution is 0.214. The molecular weight excluding hydrogens is 244 g/mol. The van der Waals surface area contributed by atoms with E-state index < -0.39 is 6.09 Å². The molecule has 0 atom stereocenters. The van der Waals surface area contributed by atoms with Gasteiger partial charge in [0.1, 0.15) is 5.75 Å². The second-order valence-corrected chi connectivity index (χ2v) is 4.16. The maximum atomic E-state index is 11.7. The standard InChI is InChI=1S/C14H16N2O3/c1-3-7-12-10(2)13(19-16-12)15-14(17)18-11-8-5-4-6-9-11/h4-6,8-9H,3,7H2,1-2H3,(H,15,17). The molecule has 0 unspecified atom stereocenters. The number of carbonyl (C=O) groups is 1. The SMILES string of the molecule is CCCc1noc(NC(=O)Oc2ccccc2)c1C. The van der Waals surface area contributed by atoms with Crippen molar-refractivity contribution in [2.75, 3.05) is 5.32 Å². The van der Waals surface area contributed by atoms with Gasteiger partial charge in [-0.3, -0.25) is 5.32 Å². The number of para-hydroxylation sites is 1. The minimum absolute atomic E-state index is 0.337. The van der Waals surface area contributed by atoms with E-state index in [-0.39, 0.29) is 0 Å². The van der Waals surface area contributed by atoms with Crippen LogP contribution in [0.2, 0.25) is 0 Å². The summed E-state index contributed by atoms with van der Waals surface area (Å²) in [6.45, 7) is 3.92. The van der Waals surface area contributed by atoms with Crippen LogP contribution in [0.5, 0.6) is 5.75 Å². The van der Waals surface area contributed by atoms with Gasteiger partial charge in [-0.2, -0.15) is 0 Å². The highest BCUT2D eigenvalue weighted by Gasteiger charge is 2.14. The second-order valence-electron chi connectivity index (χ2n) is 4.16. The van der Waals surface area contributed by atoms with Crippen LogP contribution in [-0.4, -0.2) is 11.2 Å². The largest absolute Gasteiger partial charge is 0.419 e. The van der Waals surface area contributed by atoms with E-state index in [4.69, 9.17) is 9.26 Å². The lowest BCUT2D eigenvalue weighted by atomic mass is 10.2. The van der Waals surface area contributed by atoms with Gasteiger partial charge < -0.3 is 9.26 Å². The third-order valence-electron chi connectivity index (χ3n) is 2.68. The van der Waals surface area contributed by atoms with E-state index in [1.165, 1.54) is 0 Å². The Morgan fingerprint density at radius 2 is 2.11 bits per heavy atom. The van der Waals surface area contributed by atoms with E-state index in [0.717, 1.165) is 24.1 Å². The van der Waals surface area contributed by atoms with Crippen molar-refractivity contribution < 1.29 is 14.1 Å². The molecule has 0 spiro atoms. The van der Waals surface area contributed by atoms with Crippen molar-refractivity contribution in [1.29, 1.82) is 0 Å². The highest BCUT2D eigenvalue weighted by Crippen LogP contribution is 2.20. The molecule has 0 radical (unpaired) electrons. The summed E-state index contributed by atoms with van der Waals surface area (Å²) in [5.74, 6) is 0.815. The summed E-state index contributed by atoms with van der Waals surface area (Å²) in [6.07, 6.45) is 1.21. The first-order valence-electron chi connectivity index (χ1n) is 6.19. The Balaban J connectivity index is 1.99. The smallest absolute Gasteiger partial charge is 0.410 e. The number of ether oxygens (including phenoxy) is 1. The van der Waals surface area contributed by atoms with E-state index >= 15 is 0 Å². The Morgan fingerprint density at radius 3 is 2.79 bits per heavy atom. The van der Waals surface area contributed by atoms with Gasteiger partial charge in [0.25, 0.3) is 0 Å². The zero-order valence-corrected chi connectivity index (χ0v) is 11.0. The molecule has 1 N–H and O–H groups in total. The van der Waals surface area contributed by atoms with Crippen LogP contribution in [0.25, 0.3) is 0 Å². The summed E-state index contributed by atoms with van der Waals surface area (Å²) in [5, 5.41) is 6.47. The van der Waals surface area contributed by atoms with Gasteiger partial charge in [-0.05, 0) is 25.5 Å². The van der Waals surface area contributed by atoms with Crippen LogP contribution >= 0.6 is 0 Å². The van der Waals surface area contributed by atoms with Gasteiger partial charge in [0.05, 0.1) is 5.69 Å². The molecule has 0 fully saturated rings. The second kappa shape index (κ2) is 6.04. The highest BCUT2D eigenvalue weighted by atomic mass is 16.6. The molecule has 0 aliphatic carbocycles. The lowest BCUT2D eigenvalue weighted by Crippen LogP contribution is -2.16. The van der Waals surface area contributed by atoms with Crippen LogP contribution in [0.1, 0.15) is 24.6 Å². The molecule has 2 rings (SSSR count). The van der Waals surface area contributed by atoms with Gasteiger partial charge >= 0.3 is 6.09 Å². The van der Waals surface area contributed by atoms with E-state index in [0.29, 0.717) is 11.6 Å². The minimum atomic E-state index is -0.589. The van der Waals surface area contributed by atoms with Crippen molar-refractivity contribution in [3.63, 3.8) is 0 Å². The molecule has 0 aliphatic heterocycles. The van der Waals surface area contributed by atoms with E-state index in [9.17, 15) is 4.79 Å². The van der Waals surface area contributed by atoms with Crippen molar-refractivity contribution in [3.8, 4) is 5.75 Å². The van der Waals surface area contributed by atoms with Crippen molar-refractivity contribution in [2.24, 2.45) is 0 Å². The lowest BCUT2D eigenvalue weighted by Gasteiger charge is -2.04. The fourth-order valence-electron chi connectivity index (χ4n) is 1.67. The number of nitrogens with one attached hydrogen (secondary N) is 1. The number of benzene rings is 1. The predicted molar refractivity (Wildman–Crippen MR) is 71.3 cm³/mol. The van der Waals surface area contributed by atoms with Crippen LogP contribution in [0.3, 0.4) is 0 Å². The Morgan fingerprint density at radius 1 is 1.37 bits per heavy atom. The molecular formula is C14H16N2O3. The molecule has 1 amide bonds. The molecule has 1 aromatic heterocycles. The van der Waals surface area contributed by atoms with Crippen molar-refractivity contribution in [1.82, 2.24) is 5.16 Å². The van der Waals surface area contributed by atoms with E-state index in [2.05, 4.69) is 17.4 Å². The molecule has 19 heavy (non-hydrogen) atoms. The van der Waals surface area contributed by atoms with Gasteiger partial charge in [-0.15, -0.1) is 0 Å². The van der Waals surface area contributed by atoms with Crippen molar-refractivity contribution in [3.05, 3.63) is 41.6 Å². The number of aromatic nitrogens is 1. The summed E-state index contributed by atoms with van der Waals surface area (Å²) in [4.78, 5) is 11.7. The fourth-order valence-corrected chi connectivity index (χ4v) is 1.67. The van der Waals surface area contributed by atoms with Crippen molar-refractivity contribution in [2.45, 2.75) is 26.7 Å².